The van der Waals surface area contributed by atoms with Crippen molar-refractivity contribution in [1.29, 1.82) is 0 Å². The van der Waals surface area contributed by atoms with Gasteiger partial charge in [-0.1, -0.05) is 18.2 Å². The highest BCUT2D eigenvalue weighted by molar-refractivity contribution is 14.0. The van der Waals surface area contributed by atoms with Crippen LogP contribution in [0.15, 0.2) is 35.8 Å². The largest absolute Gasteiger partial charge is 0.496 e. The van der Waals surface area contributed by atoms with Crippen molar-refractivity contribution in [2.24, 2.45) is 4.99 Å². The maximum absolute atomic E-state index is 5.35. The third-order valence-electron chi connectivity index (χ3n) is 3.18. The van der Waals surface area contributed by atoms with Gasteiger partial charge in [-0.3, -0.25) is 4.99 Å². The van der Waals surface area contributed by atoms with Crippen molar-refractivity contribution in [1.82, 2.24) is 10.6 Å². The number of nitrogens with one attached hydrogen (secondary N) is 2. The average Bonchev–Trinajstić information content (AvgIpc) is 2.54. The Kier molecular flexibility index (Phi) is 13.0. The molecule has 0 saturated heterocycles. The Morgan fingerprint density at radius 3 is 2.74 bits per heavy atom. The van der Waals surface area contributed by atoms with Gasteiger partial charge in [0.15, 0.2) is 5.96 Å². The summed E-state index contributed by atoms with van der Waals surface area (Å²) >= 11 is 1.85. The number of guanidine groups is 1. The molecule has 23 heavy (non-hydrogen) atoms. The second kappa shape index (κ2) is 13.5. The smallest absolute Gasteiger partial charge is 0.191 e. The van der Waals surface area contributed by atoms with Crippen LogP contribution in [0.2, 0.25) is 0 Å². The molecule has 0 amide bonds. The lowest BCUT2D eigenvalue weighted by atomic mass is 10.1. The van der Waals surface area contributed by atoms with Crippen molar-refractivity contribution >= 4 is 41.7 Å². The Labute approximate surface area is 161 Å². The van der Waals surface area contributed by atoms with E-state index in [2.05, 4.69) is 47.3 Å². The molecule has 0 aliphatic carbocycles. The summed E-state index contributed by atoms with van der Waals surface area (Å²) in [7, 11) is 3.50. The Balaban J connectivity index is 0.00000484. The zero-order chi connectivity index (χ0) is 16.2. The molecule has 1 aromatic rings. The molecule has 0 aliphatic rings. The number of ether oxygens (including phenoxy) is 1. The molecule has 0 spiro atoms. The van der Waals surface area contributed by atoms with E-state index < -0.39 is 0 Å². The monoisotopic (exact) mass is 449 g/mol. The van der Waals surface area contributed by atoms with Crippen LogP contribution in [0.25, 0.3) is 0 Å². The number of nitrogens with zero attached hydrogens (tertiary/aromatic N) is 1. The van der Waals surface area contributed by atoms with Crippen LogP contribution in [0.1, 0.15) is 11.1 Å². The van der Waals surface area contributed by atoms with Crippen molar-refractivity contribution in [2.45, 2.75) is 13.3 Å². The number of hydrogen-bond acceptors (Lipinski definition) is 3. The molecule has 0 heterocycles. The fourth-order valence-corrected chi connectivity index (χ4v) is 2.55. The molecule has 0 radical (unpaired) electrons. The van der Waals surface area contributed by atoms with Gasteiger partial charge in [-0.05, 0) is 30.5 Å². The van der Waals surface area contributed by atoms with Gasteiger partial charge in [0.2, 0.25) is 0 Å². The van der Waals surface area contributed by atoms with Crippen molar-refractivity contribution < 1.29 is 4.74 Å². The molecule has 0 aliphatic heterocycles. The van der Waals surface area contributed by atoms with E-state index in [1.165, 1.54) is 5.56 Å². The topological polar surface area (TPSA) is 45.7 Å². The molecule has 0 bridgehead atoms. The summed E-state index contributed by atoms with van der Waals surface area (Å²) in [5, 5.41) is 6.63. The highest BCUT2D eigenvalue weighted by Crippen LogP contribution is 2.18. The summed E-state index contributed by atoms with van der Waals surface area (Å²) in [6.07, 6.45) is 2.86. The molecule has 130 valence electrons. The Morgan fingerprint density at radius 1 is 1.35 bits per heavy atom. The summed E-state index contributed by atoms with van der Waals surface area (Å²) in [5.41, 5.74) is 2.42. The first-order valence-electron chi connectivity index (χ1n) is 7.48. The minimum absolute atomic E-state index is 0. The maximum Gasteiger partial charge on any atom is 0.191 e. The van der Waals surface area contributed by atoms with Crippen LogP contribution in [0.5, 0.6) is 5.75 Å². The van der Waals surface area contributed by atoms with Gasteiger partial charge in [0.05, 0.1) is 7.11 Å². The minimum Gasteiger partial charge on any atom is -0.496 e. The SMILES string of the molecule is C=CCSCCNC(=NC)NCCc1ccc(C)c(OC)c1.I. The van der Waals surface area contributed by atoms with E-state index in [9.17, 15) is 0 Å². The van der Waals surface area contributed by atoms with Gasteiger partial charge in [-0.25, -0.2) is 0 Å². The molecule has 0 saturated carbocycles. The lowest BCUT2D eigenvalue weighted by molar-refractivity contribution is 0.411. The predicted octanol–water partition coefficient (Wildman–Crippen LogP) is 3.25. The number of thioether (sulfide) groups is 1. The first-order valence-corrected chi connectivity index (χ1v) is 8.63. The molecule has 6 heteroatoms. The van der Waals surface area contributed by atoms with Crippen LogP contribution in [-0.2, 0) is 6.42 Å². The summed E-state index contributed by atoms with van der Waals surface area (Å²) in [5.74, 6) is 3.82. The lowest BCUT2D eigenvalue weighted by Gasteiger charge is -2.12. The molecule has 0 fully saturated rings. The molecule has 2 N–H and O–H groups in total. The standard InChI is InChI=1S/C17H27N3OS.HI/c1-5-11-22-12-10-20-17(18-3)19-9-8-15-7-6-14(2)16(13-15)21-4;/h5-7,13H,1,8-12H2,2-4H3,(H2,18,19,20);1H. The number of aryl methyl sites for hydroxylation is 1. The molecule has 0 unspecified atom stereocenters. The molecule has 0 aromatic heterocycles. The highest BCUT2D eigenvalue weighted by Gasteiger charge is 2.01. The summed E-state index contributed by atoms with van der Waals surface area (Å²) in [6.45, 7) is 7.50. The molecule has 4 nitrogen and oxygen atoms in total. The number of aliphatic imine (C=N–C) groups is 1. The van der Waals surface area contributed by atoms with E-state index >= 15 is 0 Å². The first-order chi connectivity index (χ1) is 10.7. The van der Waals surface area contributed by atoms with Crippen LogP contribution in [-0.4, -0.2) is 44.7 Å². The minimum atomic E-state index is 0. The van der Waals surface area contributed by atoms with Crippen LogP contribution in [0, 0.1) is 6.92 Å². The van der Waals surface area contributed by atoms with E-state index in [-0.39, 0.29) is 24.0 Å². The normalized spacial score (nSPS) is 10.7. The highest BCUT2D eigenvalue weighted by atomic mass is 127. The van der Waals surface area contributed by atoms with E-state index in [1.54, 1.807) is 14.2 Å². The fraction of sp³-hybridized carbons (Fsp3) is 0.471. The van der Waals surface area contributed by atoms with Gasteiger partial charge < -0.3 is 15.4 Å². The second-order valence-electron chi connectivity index (χ2n) is 4.84. The zero-order valence-corrected chi connectivity index (χ0v) is 17.4. The van der Waals surface area contributed by atoms with Crippen LogP contribution < -0.4 is 15.4 Å². The van der Waals surface area contributed by atoms with Crippen molar-refractivity contribution in [3.05, 3.63) is 42.0 Å². The fourth-order valence-electron chi connectivity index (χ4n) is 1.97. The van der Waals surface area contributed by atoms with E-state index in [0.29, 0.717) is 0 Å². The van der Waals surface area contributed by atoms with Crippen LogP contribution in [0.3, 0.4) is 0 Å². The third kappa shape index (κ3) is 9.10. The van der Waals surface area contributed by atoms with Gasteiger partial charge in [0.1, 0.15) is 5.75 Å². The summed E-state index contributed by atoms with van der Waals surface area (Å²) < 4.78 is 5.35. The first kappa shape index (κ1) is 22.1. The Morgan fingerprint density at radius 2 is 2.09 bits per heavy atom. The zero-order valence-electron chi connectivity index (χ0n) is 14.2. The van der Waals surface area contributed by atoms with Gasteiger partial charge >= 0.3 is 0 Å². The van der Waals surface area contributed by atoms with Gasteiger partial charge in [0, 0.05) is 31.6 Å². The van der Waals surface area contributed by atoms with Gasteiger partial charge in [-0.15, -0.1) is 30.6 Å². The average molecular weight is 449 g/mol. The van der Waals surface area contributed by atoms with Crippen molar-refractivity contribution in [3.8, 4) is 5.75 Å². The van der Waals surface area contributed by atoms with E-state index in [4.69, 9.17) is 4.74 Å². The van der Waals surface area contributed by atoms with Gasteiger partial charge in [0.25, 0.3) is 0 Å². The van der Waals surface area contributed by atoms with Gasteiger partial charge in [-0.2, -0.15) is 11.8 Å². The summed E-state index contributed by atoms with van der Waals surface area (Å²) in [6, 6.07) is 6.33. The molecular formula is C17H28IN3OS. The lowest BCUT2D eigenvalue weighted by Crippen LogP contribution is -2.39. The van der Waals surface area contributed by atoms with Crippen molar-refractivity contribution in [2.75, 3.05) is 38.8 Å². The maximum atomic E-state index is 5.35. The van der Waals surface area contributed by atoms with Crippen molar-refractivity contribution in [3.63, 3.8) is 0 Å². The van der Waals surface area contributed by atoms with E-state index in [0.717, 1.165) is 48.3 Å². The molecule has 1 aromatic carbocycles. The number of methoxy groups -OCH3 is 1. The number of hydrogen-bond donors (Lipinski definition) is 2. The predicted molar refractivity (Wildman–Crippen MR) is 114 cm³/mol. The Bertz CT molecular complexity index is 495. The number of benzene rings is 1. The number of halogens is 1. The molecule has 1 rings (SSSR count). The molecule has 0 atom stereocenters. The number of rotatable bonds is 9. The quantitative estimate of drug-likeness (QED) is 0.200. The molecular weight excluding hydrogens is 421 g/mol. The second-order valence-corrected chi connectivity index (χ2v) is 5.99. The summed E-state index contributed by atoms with van der Waals surface area (Å²) in [4.78, 5) is 4.23. The van der Waals surface area contributed by atoms with Crippen LogP contribution >= 0.6 is 35.7 Å². The van der Waals surface area contributed by atoms with E-state index in [1.807, 2.05) is 17.8 Å². The third-order valence-corrected chi connectivity index (χ3v) is 4.14. The Hall–Kier alpha value is -0.890. The van der Waals surface area contributed by atoms with Crippen LogP contribution in [0.4, 0.5) is 0 Å².